The summed E-state index contributed by atoms with van der Waals surface area (Å²) >= 11 is 5.39. The Morgan fingerprint density at radius 3 is 2.71 bits per heavy atom. The van der Waals surface area contributed by atoms with Crippen LogP contribution in [0.25, 0.3) is 0 Å². The number of hydrogen-bond donors (Lipinski definition) is 0. The summed E-state index contributed by atoms with van der Waals surface area (Å²) in [6, 6.07) is 2.82. The average Bonchev–Trinajstić information content (AvgIpc) is 2.20. The van der Waals surface area contributed by atoms with Gasteiger partial charge in [0.1, 0.15) is 0 Å². The number of rotatable bonds is 3. The Morgan fingerprint density at radius 2 is 2.21 bits per heavy atom. The molecule has 0 atom stereocenters. The molecule has 1 rings (SSSR count). The number of carbonyl (C=O) groups is 1. The standard InChI is InChI=1S/C10H10ClFO2/c1-6-3-7(8(13)5-11)4-9(14-2)10(6)12/h3-4H,5H2,1-2H3. The van der Waals surface area contributed by atoms with Crippen LogP contribution >= 0.6 is 11.6 Å². The predicted molar refractivity (Wildman–Crippen MR) is 52.7 cm³/mol. The van der Waals surface area contributed by atoms with E-state index in [9.17, 15) is 9.18 Å². The maximum atomic E-state index is 13.3. The van der Waals surface area contributed by atoms with Gasteiger partial charge in [-0.15, -0.1) is 11.6 Å². The maximum Gasteiger partial charge on any atom is 0.177 e. The summed E-state index contributed by atoms with van der Waals surface area (Å²) in [6.45, 7) is 1.57. The van der Waals surface area contributed by atoms with E-state index in [2.05, 4.69) is 0 Å². The lowest BCUT2D eigenvalue weighted by Gasteiger charge is -2.06. The number of carbonyl (C=O) groups excluding carboxylic acids is 1. The van der Waals surface area contributed by atoms with Crippen molar-refractivity contribution in [3.63, 3.8) is 0 Å². The first-order valence-corrected chi connectivity index (χ1v) is 4.57. The van der Waals surface area contributed by atoms with Crippen LogP contribution in [0.1, 0.15) is 15.9 Å². The second-order valence-electron chi connectivity index (χ2n) is 2.87. The van der Waals surface area contributed by atoms with E-state index >= 15 is 0 Å². The summed E-state index contributed by atoms with van der Waals surface area (Å²) in [4.78, 5) is 11.2. The van der Waals surface area contributed by atoms with Crippen molar-refractivity contribution < 1.29 is 13.9 Å². The number of halogens is 2. The van der Waals surface area contributed by atoms with E-state index in [4.69, 9.17) is 16.3 Å². The summed E-state index contributed by atoms with van der Waals surface area (Å²) in [5.74, 6) is -0.737. The summed E-state index contributed by atoms with van der Waals surface area (Å²) in [5.41, 5.74) is 0.744. The minimum absolute atomic E-state index is 0.0680. The minimum atomic E-state index is -0.446. The molecule has 0 aromatic heterocycles. The van der Waals surface area contributed by atoms with Gasteiger partial charge in [-0.1, -0.05) is 0 Å². The van der Waals surface area contributed by atoms with Crippen molar-refractivity contribution in [1.82, 2.24) is 0 Å². The van der Waals surface area contributed by atoms with Gasteiger partial charge in [0, 0.05) is 5.56 Å². The van der Waals surface area contributed by atoms with E-state index in [1.807, 2.05) is 0 Å². The molecule has 0 saturated heterocycles. The van der Waals surface area contributed by atoms with Crippen molar-refractivity contribution in [3.05, 3.63) is 29.1 Å². The van der Waals surface area contributed by atoms with Crippen molar-refractivity contribution in [3.8, 4) is 5.75 Å². The molecule has 14 heavy (non-hydrogen) atoms. The van der Waals surface area contributed by atoms with Crippen molar-refractivity contribution in [2.75, 3.05) is 13.0 Å². The molecule has 4 heteroatoms. The Balaban J connectivity index is 3.22. The molecule has 0 aliphatic rings. The van der Waals surface area contributed by atoms with Gasteiger partial charge < -0.3 is 4.74 Å². The third kappa shape index (κ3) is 2.04. The highest BCUT2D eigenvalue weighted by molar-refractivity contribution is 6.30. The van der Waals surface area contributed by atoms with Crippen LogP contribution < -0.4 is 4.74 Å². The topological polar surface area (TPSA) is 26.3 Å². The number of hydrogen-bond acceptors (Lipinski definition) is 2. The Kier molecular flexibility index (Phi) is 3.47. The zero-order chi connectivity index (χ0) is 10.7. The highest BCUT2D eigenvalue weighted by Gasteiger charge is 2.12. The van der Waals surface area contributed by atoms with Crippen molar-refractivity contribution >= 4 is 17.4 Å². The molecule has 0 bridgehead atoms. The molecule has 0 spiro atoms. The maximum absolute atomic E-state index is 13.3. The molecule has 0 heterocycles. The van der Waals surface area contributed by atoms with E-state index < -0.39 is 5.82 Å². The monoisotopic (exact) mass is 216 g/mol. The highest BCUT2D eigenvalue weighted by atomic mass is 35.5. The molecule has 0 aliphatic heterocycles. The highest BCUT2D eigenvalue weighted by Crippen LogP contribution is 2.22. The quantitative estimate of drug-likeness (QED) is 0.574. The second kappa shape index (κ2) is 4.42. The third-order valence-corrected chi connectivity index (χ3v) is 2.13. The Hall–Kier alpha value is -1.09. The van der Waals surface area contributed by atoms with Gasteiger partial charge in [0.15, 0.2) is 17.3 Å². The van der Waals surface area contributed by atoms with Crippen molar-refractivity contribution in [1.29, 1.82) is 0 Å². The number of ether oxygens (including phenoxy) is 1. The number of aryl methyl sites for hydroxylation is 1. The van der Waals surface area contributed by atoms with E-state index in [1.165, 1.54) is 19.2 Å². The molecule has 0 fully saturated rings. The Bertz CT molecular complexity index is 363. The summed E-state index contributed by atoms with van der Waals surface area (Å²) in [5, 5.41) is 0. The lowest BCUT2D eigenvalue weighted by Crippen LogP contribution is -2.03. The zero-order valence-corrected chi connectivity index (χ0v) is 8.69. The lowest BCUT2D eigenvalue weighted by atomic mass is 10.1. The van der Waals surface area contributed by atoms with E-state index in [0.29, 0.717) is 11.1 Å². The molecule has 2 nitrogen and oxygen atoms in total. The van der Waals surface area contributed by atoms with E-state index in [-0.39, 0.29) is 17.4 Å². The Morgan fingerprint density at radius 1 is 1.57 bits per heavy atom. The molecule has 0 saturated carbocycles. The molecule has 76 valence electrons. The van der Waals surface area contributed by atoms with Crippen LogP contribution in [0, 0.1) is 12.7 Å². The third-order valence-electron chi connectivity index (χ3n) is 1.88. The number of alkyl halides is 1. The van der Waals surface area contributed by atoms with Gasteiger partial charge in [-0.05, 0) is 24.6 Å². The van der Waals surface area contributed by atoms with Gasteiger partial charge in [0.2, 0.25) is 0 Å². The smallest absolute Gasteiger partial charge is 0.177 e. The van der Waals surface area contributed by atoms with Crippen molar-refractivity contribution in [2.24, 2.45) is 0 Å². The molecule has 1 aromatic carbocycles. The largest absolute Gasteiger partial charge is 0.494 e. The lowest BCUT2D eigenvalue weighted by molar-refractivity contribution is 0.102. The predicted octanol–water partition coefficient (Wildman–Crippen LogP) is 2.56. The fourth-order valence-corrected chi connectivity index (χ4v) is 1.28. The van der Waals surface area contributed by atoms with Gasteiger partial charge in [0.25, 0.3) is 0 Å². The number of ketones is 1. The normalized spacial score (nSPS) is 10.0. The van der Waals surface area contributed by atoms with Gasteiger partial charge in [-0.2, -0.15) is 0 Å². The first kappa shape index (κ1) is 11.0. The van der Waals surface area contributed by atoms with Gasteiger partial charge in [-0.25, -0.2) is 4.39 Å². The summed E-state index contributed by atoms with van der Waals surface area (Å²) < 4.78 is 18.1. The van der Waals surface area contributed by atoms with Crippen LogP contribution in [0.5, 0.6) is 5.75 Å². The molecule has 1 aromatic rings. The van der Waals surface area contributed by atoms with Gasteiger partial charge in [0.05, 0.1) is 13.0 Å². The van der Waals surface area contributed by atoms with Gasteiger partial charge >= 0.3 is 0 Å². The second-order valence-corrected chi connectivity index (χ2v) is 3.13. The number of benzene rings is 1. The molecule has 0 N–H and O–H groups in total. The van der Waals surface area contributed by atoms with Crippen LogP contribution in [-0.2, 0) is 0 Å². The fraction of sp³-hybridized carbons (Fsp3) is 0.300. The zero-order valence-electron chi connectivity index (χ0n) is 7.93. The average molecular weight is 217 g/mol. The van der Waals surface area contributed by atoms with Crippen LogP contribution in [0.3, 0.4) is 0 Å². The summed E-state index contributed by atoms with van der Waals surface area (Å²) in [6.07, 6.45) is 0. The molecular weight excluding hydrogens is 207 g/mol. The van der Waals surface area contributed by atoms with Crippen LogP contribution in [0.4, 0.5) is 4.39 Å². The molecule has 0 unspecified atom stereocenters. The Labute approximate surface area is 86.6 Å². The van der Waals surface area contributed by atoms with E-state index in [1.54, 1.807) is 6.92 Å². The fourth-order valence-electron chi connectivity index (χ4n) is 1.12. The molecular formula is C10H10ClFO2. The van der Waals surface area contributed by atoms with E-state index in [0.717, 1.165) is 0 Å². The first-order chi connectivity index (χ1) is 6.60. The van der Waals surface area contributed by atoms with Crippen molar-refractivity contribution in [2.45, 2.75) is 6.92 Å². The SMILES string of the molecule is COc1cc(C(=O)CCl)cc(C)c1F. The molecule has 0 aliphatic carbocycles. The number of Topliss-reactive ketones (excluding diaryl/α,β-unsaturated/α-hetero) is 1. The molecule has 0 amide bonds. The van der Waals surface area contributed by atoms with Gasteiger partial charge in [-0.3, -0.25) is 4.79 Å². The summed E-state index contributed by atoms with van der Waals surface area (Å²) in [7, 11) is 1.35. The van der Waals surface area contributed by atoms with Crippen LogP contribution in [-0.4, -0.2) is 18.8 Å². The van der Waals surface area contributed by atoms with Crippen LogP contribution in [0.2, 0.25) is 0 Å². The molecule has 0 radical (unpaired) electrons. The number of methoxy groups -OCH3 is 1. The minimum Gasteiger partial charge on any atom is -0.494 e. The first-order valence-electron chi connectivity index (χ1n) is 4.03. The van der Waals surface area contributed by atoms with Crippen LogP contribution in [0.15, 0.2) is 12.1 Å².